The zero-order valence-electron chi connectivity index (χ0n) is 25.5. The highest BCUT2D eigenvalue weighted by atomic mass is 16.6. The maximum atomic E-state index is 14.2. The molecule has 226 valence electrons. The molecule has 4 N–H and O–H groups in total. The van der Waals surface area contributed by atoms with E-state index >= 15 is 0 Å². The number of hydrogen-bond donors (Lipinski definition) is 3. The molecule has 4 amide bonds. The van der Waals surface area contributed by atoms with E-state index in [0.717, 1.165) is 56.1 Å². The molecule has 0 saturated heterocycles. The molecule has 0 aliphatic rings. The molecular weight excluding hydrogens is 508 g/mol. The lowest BCUT2D eigenvalue weighted by molar-refractivity contribution is -0.142. The lowest BCUT2D eigenvalue weighted by atomic mass is 9.97. The predicted molar refractivity (Wildman–Crippen MR) is 159 cm³/mol. The minimum atomic E-state index is -1.09. The quantitative estimate of drug-likeness (QED) is 0.210. The molecule has 1 aromatic rings. The topological polar surface area (TPSA) is 131 Å². The molecule has 2 unspecified atom stereocenters. The number of carbonyl (C=O) groups excluding carboxylic acids is 4. The second-order valence-corrected chi connectivity index (χ2v) is 11.4. The zero-order valence-corrected chi connectivity index (χ0v) is 25.5. The van der Waals surface area contributed by atoms with Gasteiger partial charge in [-0.05, 0) is 58.1 Å². The van der Waals surface area contributed by atoms with E-state index in [9.17, 15) is 19.2 Å². The Bertz CT molecular complexity index is 944. The van der Waals surface area contributed by atoms with Crippen molar-refractivity contribution in [3.8, 4) is 0 Å². The molecule has 1 aromatic carbocycles. The van der Waals surface area contributed by atoms with E-state index in [4.69, 9.17) is 10.5 Å². The molecular formula is C31H52N4O5. The molecule has 0 heterocycles. The van der Waals surface area contributed by atoms with Crippen LogP contribution >= 0.6 is 0 Å². The largest absolute Gasteiger partial charge is 0.444 e. The van der Waals surface area contributed by atoms with Crippen molar-refractivity contribution in [2.45, 2.75) is 123 Å². The van der Waals surface area contributed by atoms with Crippen molar-refractivity contribution in [2.75, 3.05) is 13.1 Å². The molecule has 0 fully saturated rings. The number of nitrogens with two attached hydrogens (primary N) is 1. The standard InChI is InChI=1S/C31H52N4O5/c1-7-9-11-12-16-22-35(29(38)25(19-20-26(32)36)34-30(39)40-31(4,5)6)27(24-18-14-13-17-23(24)3)28(37)33-21-15-10-8-2/h13-14,17-18,25,27H,7-12,15-16,19-22H2,1-6H3,(H2,32,36)(H,33,37)(H,34,39). The second kappa shape index (κ2) is 18.3. The summed E-state index contributed by atoms with van der Waals surface area (Å²) in [6.45, 7) is 12.2. The van der Waals surface area contributed by atoms with Crippen molar-refractivity contribution in [2.24, 2.45) is 5.73 Å². The normalized spacial score (nSPS) is 12.8. The first-order valence-corrected chi connectivity index (χ1v) is 14.8. The summed E-state index contributed by atoms with van der Waals surface area (Å²) in [6.07, 6.45) is 6.79. The number of alkyl carbamates (subject to hydrolysis) is 1. The third kappa shape index (κ3) is 13.3. The number of aryl methyl sites for hydroxylation is 1. The van der Waals surface area contributed by atoms with Gasteiger partial charge in [-0.2, -0.15) is 0 Å². The Hall–Kier alpha value is -3.10. The van der Waals surface area contributed by atoms with Crippen LogP contribution < -0.4 is 16.4 Å². The number of nitrogens with one attached hydrogen (secondary N) is 2. The monoisotopic (exact) mass is 560 g/mol. The highest BCUT2D eigenvalue weighted by Gasteiger charge is 2.36. The molecule has 9 nitrogen and oxygen atoms in total. The van der Waals surface area contributed by atoms with Gasteiger partial charge in [-0.1, -0.05) is 76.6 Å². The fourth-order valence-corrected chi connectivity index (χ4v) is 4.47. The smallest absolute Gasteiger partial charge is 0.408 e. The maximum Gasteiger partial charge on any atom is 0.408 e. The Morgan fingerprint density at radius 3 is 2.17 bits per heavy atom. The molecule has 0 spiro atoms. The van der Waals surface area contributed by atoms with Gasteiger partial charge < -0.3 is 26.0 Å². The SMILES string of the molecule is CCCCCCCN(C(=O)C(CCC(N)=O)NC(=O)OC(C)(C)C)C(C(=O)NCCCCC)c1ccccc1C. The highest BCUT2D eigenvalue weighted by molar-refractivity contribution is 5.92. The van der Waals surface area contributed by atoms with Gasteiger partial charge in [0.05, 0.1) is 0 Å². The number of ether oxygens (including phenoxy) is 1. The third-order valence-corrected chi connectivity index (χ3v) is 6.58. The molecule has 40 heavy (non-hydrogen) atoms. The van der Waals surface area contributed by atoms with E-state index in [0.29, 0.717) is 19.5 Å². The summed E-state index contributed by atoms with van der Waals surface area (Å²) in [5.74, 6) is -1.29. The minimum absolute atomic E-state index is 0.00163. The zero-order chi connectivity index (χ0) is 30.1. The fraction of sp³-hybridized carbons (Fsp3) is 0.677. The van der Waals surface area contributed by atoms with E-state index in [2.05, 4.69) is 24.5 Å². The van der Waals surface area contributed by atoms with Gasteiger partial charge in [-0.15, -0.1) is 0 Å². The van der Waals surface area contributed by atoms with Crippen LogP contribution in [0.25, 0.3) is 0 Å². The van der Waals surface area contributed by atoms with Gasteiger partial charge in [0.15, 0.2) is 0 Å². The van der Waals surface area contributed by atoms with E-state index in [-0.39, 0.29) is 18.7 Å². The molecule has 9 heteroatoms. The Kier molecular flexibility index (Phi) is 16.0. The second-order valence-electron chi connectivity index (χ2n) is 11.4. The minimum Gasteiger partial charge on any atom is -0.444 e. The number of carbonyl (C=O) groups is 4. The molecule has 1 rings (SSSR count). The van der Waals surface area contributed by atoms with Crippen molar-refractivity contribution < 1.29 is 23.9 Å². The van der Waals surface area contributed by atoms with Gasteiger partial charge in [0.1, 0.15) is 17.7 Å². The summed E-state index contributed by atoms with van der Waals surface area (Å²) in [5.41, 5.74) is 6.24. The Labute approximate surface area is 241 Å². The van der Waals surface area contributed by atoms with Crippen molar-refractivity contribution in [1.29, 1.82) is 0 Å². The first-order valence-electron chi connectivity index (χ1n) is 14.8. The molecule has 2 atom stereocenters. The Morgan fingerprint density at radius 1 is 0.950 bits per heavy atom. The van der Waals surface area contributed by atoms with E-state index in [1.54, 1.807) is 25.7 Å². The highest BCUT2D eigenvalue weighted by Crippen LogP contribution is 2.27. The third-order valence-electron chi connectivity index (χ3n) is 6.58. The first kappa shape index (κ1) is 34.9. The fourth-order valence-electron chi connectivity index (χ4n) is 4.47. The van der Waals surface area contributed by atoms with Crippen molar-refractivity contribution in [3.63, 3.8) is 0 Å². The van der Waals surface area contributed by atoms with Gasteiger partial charge in [0.25, 0.3) is 0 Å². The van der Waals surface area contributed by atoms with Crippen LogP contribution in [0.4, 0.5) is 4.79 Å². The van der Waals surface area contributed by atoms with Crippen LogP contribution in [0.1, 0.15) is 116 Å². The van der Waals surface area contributed by atoms with E-state index in [1.165, 1.54) is 0 Å². The Balaban J connectivity index is 3.46. The number of unbranched alkanes of at least 4 members (excludes halogenated alkanes) is 6. The number of hydrogen-bond acceptors (Lipinski definition) is 5. The first-order chi connectivity index (χ1) is 18.9. The average molecular weight is 561 g/mol. The van der Waals surface area contributed by atoms with Gasteiger partial charge in [-0.25, -0.2) is 4.79 Å². The van der Waals surface area contributed by atoms with E-state index in [1.807, 2.05) is 31.2 Å². The molecule has 0 bridgehead atoms. The summed E-state index contributed by atoms with van der Waals surface area (Å²) in [4.78, 5) is 53.9. The van der Waals surface area contributed by atoms with Crippen LogP contribution in [0, 0.1) is 6.92 Å². The van der Waals surface area contributed by atoms with Gasteiger partial charge >= 0.3 is 6.09 Å². The number of primary amides is 1. The molecule has 0 aromatic heterocycles. The molecule has 0 radical (unpaired) electrons. The molecule has 0 aliphatic heterocycles. The Morgan fingerprint density at radius 2 is 1.57 bits per heavy atom. The van der Waals surface area contributed by atoms with Crippen LogP contribution in [-0.4, -0.2) is 53.4 Å². The maximum absolute atomic E-state index is 14.2. The molecule has 0 saturated carbocycles. The lowest BCUT2D eigenvalue weighted by Gasteiger charge is -2.35. The summed E-state index contributed by atoms with van der Waals surface area (Å²) in [7, 11) is 0. The van der Waals surface area contributed by atoms with Gasteiger partial charge in [-0.3, -0.25) is 14.4 Å². The van der Waals surface area contributed by atoms with Crippen LogP contribution in [0.15, 0.2) is 24.3 Å². The van der Waals surface area contributed by atoms with Gasteiger partial charge in [0.2, 0.25) is 17.7 Å². The van der Waals surface area contributed by atoms with Crippen molar-refractivity contribution >= 4 is 23.8 Å². The summed E-state index contributed by atoms with van der Waals surface area (Å²) < 4.78 is 5.40. The number of benzene rings is 1. The number of amides is 4. The van der Waals surface area contributed by atoms with Crippen LogP contribution in [0.2, 0.25) is 0 Å². The van der Waals surface area contributed by atoms with Crippen LogP contribution in [0.3, 0.4) is 0 Å². The van der Waals surface area contributed by atoms with Gasteiger partial charge in [0, 0.05) is 19.5 Å². The lowest BCUT2D eigenvalue weighted by Crippen LogP contribution is -2.53. The van der Waals surface area contributed by atoms with Crippen LogP contribution in [0.5, 0.6) is 0 Å². The summed E-state index contributed by atoms with van der Waals surface area (Å²) in [6, 6.07) is 5.55. The van der Waals surface area contributed by atoms with Crippen molar-refractivity contribution in [3.05, 3.63) is 35.4 Å². The average Bonchev–Trinajstić information content (AvgIpc) is 2.87. The summed E-state index contributed by atoms with van der Waals surface area (Å²) >= 11 is 0. The van der Waals surface area contributed by atoms with Crippen molar-refractivity contribution in [1.82, 2.24) is 15.5 Å². The summed E-state index contributed by atoms with van der Waals surface area (Å²) in [5, 5.41) is 5.68. The molecule has 0 aliphatic carbocycles. The van der Waals surface area contributed by atoms with E-state index < -0.39 is 35.6 Å². The predicted octanol–water partition coefficient (Wildman–Crippen LogP) is 5.30. The number of nitrogens with zero attached hydrogens (tertiary/aromatic N) is 1. The van der Waals surface area contributed by atoms with Crippen LogP contribution in [-0.2, 0) is 19.1 Å². The number of rotatable bonds is 18.